The quantitative estimate of drug-likeness (QED) is 0.487. The maximum absolute atomic E-state index is 11.0. The van der Waals surface area contributed by atoms with Crippen LogP contribution in [0.1, 0.15) is 5.56 Å². The van der Waals surface area contributed by atoms with E-state index in [0.717, 1.165) is 0 Å². The minimum atomic E-state index is -1.24. The van der Waals surface area contributed by atoms with Gasteiger partial charge in [-0.05, 0) is 5.56 Å². The van der Waals surface area contributed by atoms with Crippen molar-refractivity contribution in [2.75, 3.05) is 0 Å². The molecule has 0 amide bonds. The number of nitrogens with zero attached hydrogens (tertiary/aromatic N) is 1. The van der Waals surface area contributed by atoms with Crippen molar-refractivity contribution in [1.29, 1.82) is 5.26 Å². The second kappa shape index (κ2) is 6.09. The highest BCUT2D eigenvalue weighted by Crippen LogP contribution is 2.20. The summed E-state index contributed by atoms with van der Waals surface area (Å²) in [5, 5.41) is 17.8. The summed E-state index contributed by atoms with van der Waals surface area (Å²) in [5.74, 6) is -1.24. The van der Waals surface area contributed by atoms with Crippen LogP contribution in [0, 0.1) is 11.3 Å². The number of hydrogen-bond donors (Lipinski definition) is 1. The van der Waals surface area contributed by atoms with Gasteiger partial charge in [-0.25, -0.2) is 4.79 Å². The molecule has 1 N–H and O–H groups in total. The highest BCUT2D eigenvalue weighted by Gasteiger charge is 2.13. The first kappa shape index (κ1) is 12.5. The van der Waals surface area contributed by atoms with E-state index in [2.05, 4.69) is 6.58 Å². The van der Waals surface area contributed by atoms with Gasteiger partial charge >= 0.3 is 5.97 Å². The molecule has 0 fully saturated rings. The van der Waals surface area contributed by atoms with Crippen LogP contribution in [-0.4, -0.2) is 11.1 Å². The molecular weight excluding hydrogens is 214 g/mol. The molecule has 0 atom stereocenters. The van der Waals surface area contributed by atoms with Crippen LogP contribution in [0.4, 0.5) is 0 Å². The fourth-order valence-corrected chi connectivity index (χ4v) is 1.33. The van der Waals surface area contributed by atoms with Crippen molar-refractivity contribution < 1.29 is 9.90 Å². The first-order valence-electron chi connectivity index (χ1n) is 4.93. The summed E-state index contributed by atoms with van der Waals surface area (Å²) >= 11 is 0. The van der Waals surface area contributed by atoms with Crippen molar-refractivity contribution in [2.45, 2.75) is 0 Å². The number of allylic oxidation sites excluding steroid dienone is 4. The number of carboxylic acids is 1. The summed E-state index contributed by atoms with van der Waals surface area (Å²) in [6.07, 6.45) is 4.69. The number of aliphatic carboxylic acids is 1. The highest BCUT2D eigenvalue weighted by atomic mass is 16.4. The van der Waals surface area contributed by atoms with Crippen molar-refractivity contribution in [3.05, 3.63) is 66.3 Å². The molecule has 84 valence electrons. The standard InChI is InChI=1S/C14H11NO2/c1-2-3-9-12(13(10-15)14(16)17)11-7-5-4-6-8-11/h2-9H,1H2,(H,16,17). The zero-order valence-electron chi connectivity index (χ0n) is 9.13. The lowest BCUT2D eigenvalue weighted by molar-refractivity contribution is -0.132. The number of benzene rings is 1. The van der Waals surface area contributed by atoms with E-state index in [-0.39, 0.29) is 5.57 Å². The van der Waals surface area contributed by atoms with Gasteiger partial charge in [0.1, 0.15) is 11.6 Å². The molecule has 0 aromatic heterocycles. The molecule has 1 aromatic carbocycles. The monoisotopic (exact) mass is 225 g/mol. The molecule has 0 saturated heterocycles. The predicted octanol–water partition coefficient (Wildman–Crippen LogP) is 2.79. The molecule has 0 unspecified atom stereocenters. The number of carbonyl (C=O) groups is 1. The summed E-state index contributed by atoms with van der Waals surface area (Å²) in [4.78, 5) is 11.0. The zero-order chi connectivity index (χ0) is 12.7. The maximum atomic E-state index is 11.0. The SMILES string of the molecule is C=CC=CC(=C(C#N)C(=O)O)c1ccccc1. The molecule has 3 nitrogen and oxygen atoms in total. The minimum Gasteiger partial charge on any atom is -0.477 e. The largest absolute Gasteiger partial charge is 0.477 e. The van der Waals surface area contributed by atoms with E-state index in [0.29, 0.717) is 11.1 Å². The molecule has 0 bridgehead atoms. The van der Waals surface area contributed by atoms with Crippen LogP contribution >= 0.6 is 0 Å². The third-order valence-corrected chi connectivity index (χ3v) is 2.08. The van der Waals surface area contributed by atoms with Crippen molar-refractivity contribution in [3.8, 4) is 6.07 Å². The van der Waals surface area contributed by atoms with E-state index >= 15 is 0 Å². The molecule has 0 spiro atoms. The van der Waals surface area contributed by atoms with Crippen LogP contribution in [0.25, 0.3) is 5.57 Å². The fraction of sp³-hybridized carbons (Fsp3) is 0. The normalized spacial score (nSPS) is 11.7. The molecule has 0 aliphatic heterocycles. The van der Waals surface area contributed by atoms with Gasteiger partial charge in [-0.3, -0.25) is 0 Å². The van der Waals surface area contributed by atoms with Gasteiger partial charge < -0.3 is 5.11 Å². The van der Waals surface area contributed by atoms with E-state index in [9.17, 15) is 4.79 Å². The number of rotatable bonds is 4. The second-order valence-corrected chi connectivity index (χ2v) is 3.17. The van der Waals surface area contributed by atoms with Crippen LogP contribution in [0.2, 0.25) is 0 Å². The topological polar surface area (TPSA) is 61.1 Å². The van der Waals surface area contributed by atoms with Gasteiger partial charge in [0.05, 0.1) is 0 Å². The summed E-state index contributed by atoms with van der Waals surface area (Å²) < 4.78 is 0. The second-order valence-electron chi connectivity index (χ2n) is 3.17. The van der Waals surface area contributed by atoms with Crippen molar-refractivity contribution >= 4 is 11.5 Å². The van der Waals surface area contributed by atoms with E-state index in [1.54, 1.807) is 42.5 Å². The van der Waals surface area contributed by atoms with Crippen LogP contribution in [0.15, 0.2) is 60.7 Å². The van der Waals surface area contributed by atoms with E-state index in [1.807, 2.05) is 6.07 Å². The van der Waals surface area contributed by atoms with Crippen LogP contribution in [0.5, 0.6) is 0 Å². The molecule has 0 aliphatic carbocycles. The molecule has 0 radical (unpaired) electrons. The molecule has 0 aliphatic rings. The van der Waals surface area contributed by atoms with Crippen LogP contribution in [0.3, 0.4) is 0 Å². The van der Waals surface area contributed by atoms with Gasteiger partial charge in [0.2, 0.25) is 0 Å². The molecule has 0 heterocycles. The summed E-state index contributed by atoms with van der Waals surface area (Å²) in [7, 11) is 0. The number of nitriles is 1. The Hall–Kier alpha value is -2.60. The predicted molar refractivity (Wildman–Crippen MR) is 65.9 cm³/mol. The van der Waals surface area contributed by atoms with Gasteiger partial charge in [-0.2, -0.15) is 5.26 Å². The van der Waals surface area contributed by atoms with Gasteiger partial charge in [-0.1, -0.05) is 55.1 Å². The lowest BCUT2D eigenvalue weighted by Gasteiger charge is -2.03. The van der Waals surface area contributed by atoms with E-state index < -0.39 is 5.97 Å². The summed E-state index contributed by atoms with van der Waals surface area (Å²) in [6, 6.07) is 10.6. The molecular formula is C14H11NO2. The number of hydrogen-bond acceptors (Lipinski definition) is 2. The molecule has 1 aromatic rings. The molecule has 3 heteroatoms. The maximum Gasteiger partial charge on any atom is 0.347 e. The summed E-state index contributed by atoms with van der Waals surface area (Å²) in [5.41, 5.74) is 0.777. The van der Waals surface area contributed by atoms with Gasteiger partial charge in [-0.15, -0.1) is 0 Å². The van der Waals surface area contributed by atoms with Crippen molar-refractivity contribution in [3.63, 3.8) is 0 Å². The Morgan fingerprint density at radius 2 is 2.00 bits per heavy atom. The molecule has 17 heavy (non-hydrogen) atoms. The number of carboxylic acid groups (broad SMARTS) is 1. The Labute approximate surface area is 99.6 Å². The Balaban J connectivity index is 3.41. The van der Waals surface area contributed by atoms with Gasteiger partial charge in [0, 0.05) is 5.57 Å². The third kappa shape index (κ3) is 3.18. The Morgan fingerprint density at radius 3 is 2.47 bits per heavy atom. The lowest BCUT2D eigenvalue weighted by atomic mass is 10.00. The Morgan fingerprint density at radius 1 is 1.35 bits per heavy atom. The van der Waals surface area contributed by atoms with E-state index in [4.69, 9.17) is 10.4 Å². The molecule has 0 saturated carbocycles. The Kier molecular flexibility index (Phi) is 4.46. The van der Waals surface area contributed by atoms with E-state index in [1.165, 1.54) is 6.08 Å². The van der Waals surface area contributed by atoms with Crippen molar-refractivity contribution in [1.82, 2.24) is 0 Å². The van der Waals surface area contributed by atoms with Gasteiger partial charge in [0.25, 0.3) is 0 Å². The first-order valence-corrected chi connectivity index (χ1v) is 4.93. The first-order chi connectivity index (χ1) is 8.20. The highest BCUT2D eigenvalue weighted by molar-refractivity contribution is 6.02. The third-order valence-electron chi connectivity index (χ3n) is 2.08. The average molecular weight is 225 g/mol. The zero-order valence-corrected chi connectivity index (χ0v) is 9.13. The van der Waals surface area contributed by atoms with Crippen LogP contribution in [-0.2, 0) is 4.79 Å². The van der Waals surface area contributed by atoms with Gasteiger partial charge in [0.15, 0.2) is 0 Å². The lowest BCUT2D eigenvalue weighted by Crippen LogP contribution is -2.01. The van der Waals surface area contributed by atoms with Crippen LogP contribution < -0.4 is 0 Å². The summed E-state index contributed by atoms with van der Waals surface area (Å²) in [6.45, 7) is 3.52. The Bertz CT molecular complexity index is 519. The molecule has 1 rings (SSSR count). The smallest absolute Gasteiger partial charge is 0.347 e. The van der Waals surface area contributed by atoms with Crippen molar-refractivity contribution in [2.24, 2.45) is 0 Å². The fourth-order valence-electron chi connectivity index (χ4n) is 1.33. The minimum absolute atomic E-state index is 0.283. The average Bonchev–Trinajstić information content (AvgIpc) is 2.35.